The second kappa shape index (κ2) is 5.19. The molecule has 0 heteroatoms. The predicted octanol–water partition coefficient (Wildman–Crippen LogP) is 4.84. The molecule has 83 valence electrons. The van der Waals surface area contributed by atoms with Gasteiger partial charge >= 0.3 is 0 Å². The molecule has 0 bridgehead atoms. The molecule has 1 aliphatic carbocycles. The first kappa shape index (κ1) is 12.1. The Labute approximate surface area is 90.5 Å². The SMILES string of the molecule is CC(C)C(C)(C)C1CC[CH]CCCC1. The highest BCUT2D eigenvalue weighted by atomic mass is 14.4. The Balaban J connectivity index is 2.54. The minimum absolute atomic E-state index is 0.533. The molecular weight excluding hydrogens is 168 g/mol. The molecule has 0 aliphatic heterocycles. The summed E-state index contributed by atoms with van der Waals surface area (Å²) in [6.07, 6.45) is 10.9. The Bertz CT molecular complexity index is 147. The zero-order valence-electron chi connectivity index (χ0n) is 10.5. The smallest absolute Gasteiger partial charge is 0.0303 e. The van der Waals surface area contributed by atoms with E-state index in [0.29, 0.717) is 5.41 Å². The van der Waals surface area contributed by atoms with E-state index >= 15 is 0 Å². The molecule has 0 nitrogen and oxygen atoms in total. The van der Waals surface area contributed by atoms with E-state index in [1.165, 1.54) is 38.5 Å². The monoisotopic (exact) mass is 195 g/mol. The number of hydrogen-bond acceptors (Lipinski definition) is 0. The van der Waals surface area contributed by atoms with Crippen LogP contribution in [-0.2, 0) is 0 Å². The first-order valence-corrected chi connectivity index (χ1v) is 6.37. The lowest BCUT2D eigenvalue weighted by molar-refractivity contribution is 0.115. The van der Waals surface area contributed by atoms with E-state index in [4.69, 9.17) is 0 Å². The van der Waals surface area contributed by atoms with Gasteiger partial charge in [-0.25, -0.2) is 0 Å². The van der Waals surface area contributed by atoms with Crippen LogP contribution in [0.5, 0.6) is 0 Å². The Morgan fingerprint density at radius 3 is 2.43 bits per heavy atom. The van der Waals surface area contributed by atoms with Crippen LogP contribution in [0.2, 0.25) is 0 Å². The summed E-state index contributed by atoms with van der Waals surface area (Å²) >= 11 is 0. The highest BCUT2D eigenvalue weighted by molar-refractivity contribution is 4.84. The average Bonchev–Trinajstić information content (AvgIpc) is 2.01. The highest BCUT2D eigenvalue weighted by Gasteiger charge is 2.31. The van der Waals surface area contributed by atoms with Crippen LogP contribution < -0.4 is 0 Å². The average molecular weight is 195 g/mol. The number of hydrogen-bond donors (Lipinski definition) is 0. The Morgan fingerprint density at radius 1 is 1.07 bits per heavy atom. The summed E-state index contributed by atoms with van der Waals surface area (Å²) in [5.41, 5.74) is 0.533. The summed E-state index contributed by atoms with van der Waals surface area (Å²) < 4.78 is 0. The molecule has 0 saturated heterocycles. The fourth-order valence-corrected chi connectivity index (χ4v) is 2.50. The zero-order valence-corrected chi connectivity index (χ0v) is 10.5. The first-order chi connectivity index (χ1) is 6.55. The van der Waals surface area contributed by atoms with Crippen LogP contribution in [0.4, 0.5) is 0 Å². The van der Waals surface area contributed by atoms with Gasteiger partial charge in [0, 0.05) is 0 Å². The van der Waals surface area contributed by atoms with E-state index in [-0.39, 0.29) is 0 Å². The molecular formula is C14H27. The van der Waals surface area contributed by atoms with E-state index in [1.807, 2.05) is 0 Å². The van der Waals surface area contributed by atoms with E-state index in [2.05, 4.69) is 34.1 Å². The highest BCUT2D eigenvalue weighted by Crippen LogP contribution is 2.41. The van der Waals surface area contributed by atoms with Gasteiger partial charge in [0.1, 0.15) is 0 Å². The summed E-state index contributed by atoms with van der Waals surface area (Å²) in [5.74, 6) is 1.76. The maximum Gasteiger partial charge on any atom is -0.0303 e. The molecule has 0 spiro atoms. The van der Waals surface area contributed by atoms with E-state index in [1.54, 1.807) is 0 Å². The number of rotatable bonds is 2. The molecule has 1 rings (SSSR count). The van der Waals surface area contributed by atoms with E-state index in [9.17, 15) is 0 Å². The van der Waals surface area contributed by atoms with Crippen LogP contribution in [0.25, 0.3) is 0 Å². The summed E-state index contributed by atoms with van der Waals surface area (Å²) in [5, 5.41) is 0. The van der Waals surface area contributed by atoms with Crippen LogP contribution >= 0.6 is 0 Å². The van der Waals surface area contributed by atoms with Gasteiger partial charge in [-0.2, -0.15) is 0 Å². The van der Waals surface area contributed by atoms with Crippen molar-refractivity contribution in [3.8, 4) is 0 Å². The fourth-order valence-electron chi connectivity index (χ4n) is 2.50. The molecule has 1 atom stereocenters. The van der Waals surface area contributed by atoms with Crippen molar-refractivity contribution in [1.29, 1.82) is 0 Å². The third-order valence-corrected chi connectivity index (χ3v) is 4.47. The van der Waals surface area contributed by atoms with Crippen molar-refractivity contribution in [1.82, 2.24) is 0 Å². The van der Waals surface area contributed by atoms with Crippen LogP contribution in [0.15, 0.2) is 0 Å². The van der Waals surface area contributed by atoms with Crippen molar-refractivity contribution in [3.05, 3.63) is 6.42 Å². The molecule has 1 aliphatic rings. The van der Waals surface area contributed by atoms with E-state index in [0.717, 1.165) is 11.8 Å². The van der Waals surface area contributed by atoms with Gasteiger partial charge in [0.25, 0.3) is 0 Å². The molecule has 1 saturated carbocycles. The Hall–Kier alpha value is 0. The van der Waals surface area contributed by atoms with Crippen LogP contribution in [0, 0.1) is 23.7 Å². The molecule has 1 unspecified atom stereocenters. The summed E-state index contributed by atoms with van der Waals surface area (Å²) in [4.78, 5) is 0. The summed E-state index contributed by atoms with van der Waals surface area (Å²) in [6.45, 7) is 9.68. The second-order valence-corrected chi connectivity index (χ2v) is 5.82. The van der Waals surface area contributed by atoms with Gasteiger partial charge in [-0.1, -0.05) is 47.0 Å². The summed E-state index contributed by atoms with van der Waals surface area (Å²) in [7, 11) is 0. The lowest BCUT2D eigenvalue weighted by Gasteiger charge is -2.39. The maximum atomic E-state index is 2.50. The van der Waals surface area contributed by atoms with Gasteiger partial charge in [-0.15, -0.1) is 0 Å². The topological polar surface area (TPSA) is 0 Å². The molecule has 0 heterocycles. The van der Waals surface area contributed by atoms with Gasteiger partial charge in [0.05, 0.1) is 0 Å². The normalized spacial score (nSPS) is 22.1. The standard InChI is InChI=1S/C14H27/c1-12(2)14(3,4)13-10-8-6-5-7-9-11-13/h6,12-13H,5,7-11H2,1-4H3. The molecule has 0 amide bonds. The summed E-state index contributed by atoms with van der Waals surface area (Å²) in [6, 6.07) is 0. The van der Waals surface area contributed by atoms with E-state index < -0.39 is 0 Å². The second-order valence-electron chi connectivity index (χ2n) is 5.82. The van der Waals surface area contributed by atoms with Gasteiger partial charge < -0.3 is 0 Å². The lowest BCUT2D eigenvalue weighted by Crippen LogP contribution is -2.30. The zero-order chi connectivity index (χ0) is 10.6. The van der Waals surface area contributed by atoms with Crippen molar-refractivity contribution in [2.24, 2.45) is 17.3 Å². The molecule has 1 radical (unpaired) electrons. The van der Waals surface area contributed by atoms with Crippen LogP contribution in [0.1, 0.15) is 66.2 Å². The molecule has 14 heavy (non-hydrogen) atoms. The van der Waals surface area contributed by atoms with Crippen molar-refractivity contribution in [3.63, 3.8) is 0 Å². The minimum Gasteiger partial charge on any atom is -0.0623 e. The minimum atomic E-state index is 0.533. The largest absolute Gasteiger partial charge is 0.0623 e. The van der Waals surface area contributed by atoms with Crippen molar-refractivity contribution < 1.29 is 0 Å². The van der Waals surface area contributed by atoms with Gasteiger partial charge in [-0.05, 0) is 42.9 Å². The maximum absolute atomic E-state index is 2.50. The molecule has 0 aromatic rings. The van der Waals surface area contributed by atoms with Crippen molar-refractivity contribution in [2.45, 2.75) is 66.2 Å². The van der Waals surface area contributed by atoms with Gasteiger partial charge in [-0.3, -0.25) is 0 Å². The molecule has 0 aromatic heterocycles. The molecule has 0 aromatic carbocycles. The quantitative estimate of drug-likeness (QED) is 0.591. The van der Waals surface area contributed by atoms with Gasteiger partial charge in [0.15, 0.2) is 0 Å². The fraction of sp³-hybridized carbons (Fsp3) is 0.929. The van der Waals surface area contributed by atoms with Gasteiger partial charge in [0.2, 0.25) is 0 Å². The molecule has 0 N–H and O–H groups in total. The Kier molecular flexibility index (Phi) is 4.47. The predicted molar refractivity (Wildman–Crippen MR) is 64.1 cm³/mol. The third-order valence-electron chi connectivity index (χ3n) is 4.47. The first-order valence-electron chi connectivity index (χ1n) is 6.37. The van der Waals surface area contributed by atoms with Crippen LogP contribution in [-0.4, -0.2) is 0 Å². The molecule has 1 fully saturated rings. The van der Waals surface area contributed by atoms with Crippen molar-refractivity contribution >= 4 is 0 Å². The third kappa shape index (κ3) is 3.00. The lowest BCUT2D eigenvalue weighted by atomic mass is 9.66. The Morgan fingerprint density at radius 2 is 1.79 bits per heavy atom. The van der Waals surface area contributed by atoms with Crippen LogP contribution in [0.3, 0.4) is 0 Å². The van der Waals surface area contributed by atoms with Crippen molar-refractivity contribution in [2.75, 3.05) is 0 Å².